The monoisotopic (exact) mass is 386 g/mol. The molecular weight excluding hydrogens is 364 g/mol. The summed E-state index contributed by atoms with van der Waals surface area (Å²) in [6.07, 6.45) is 0.982. The topological polar surface area (TPSA) is 69.6 Å². The second kappa shape index (κ2) is 8.19. The molecule has 0 aromatic heterocycles. The molecule has 1 fully saturated rings. The molecule has 1 amide bonds. The number of rotatable bonds is 5. The first-order valence-corrected chi connectivity index (χ1v) is 9.65. The van der Waals surface area contributed by atoms with Gasteiger partial charge in [-0.1, -0.05) is 48.5 Å². The van der Waals surface area contributed by atoms with Gasteiger partial charge in [0.25, 0.3) is 5.91 Å². The van der Waals surface area contributed by atoms with Crippen molar-refractivity contribution in [2.24, 2.45) is 0 Å². The van der Waals surface area contributed by atoms with Crippen molar-refractivity contribution in [2.45, 2.75) is 12.3 Å². The highest BCUT2D eigenvalue weighted by molar-refractivity contribution is 6.05. The minimum absolute atomic E-state index is 0.199. The number of carbonyl (C=O) groups is 2. The van der Waals surface area contributed by atoms with Gasteiger partial charge < -0.3 is 15.3 Å². The van der Waals surface area contributed by atoms with Crippen LogP contribution in [0.2, 0.25) is 0 Å². The molecule has 5 heteroatoms. The van der Waals surface area contributed by atoms with Crippen LogP contribution in [0.3, 0.4) is 0 Å². The van der Waals surface area contributed by atoms with Gasteiger partial charge in [-0.3, -0.25) is 4.79 Å². The van der Waals surface area contributed by atoms with Gasteiger partial charge in [-0.05, 0) is 42.3 Å². The van der Waals surface area contributed by atoms with Gasteiger partial charge in [0.05, 0.1) is 11.3 Å². The Balaban J connectivity index is 1.54. The van der Waals surface area contributed by atoms with Crippen molar-refractivity contribution in [2.75, 3.05) is 23.3 Å². The third kappa shape index (κ3) is 4.14. The lowest BCUT2D eigenvalue weighted by molar-refractivity contribution is 0.0697. The SMILES string of the molecule is O=C(Nc1ccc(N2CC[C@H](c3ccccc3)C2)c(C(=O)O)c1)c1ccccc1. The van der Waals surface area contributed by atoms with Crippen molar-refractivity contribution >= 4 is 23.3 Å². The van der Waals surface area contributed by atoms with Gasteiger partial charge in [0.1, 0.15) is 0 Å². The van der Waals surface area contributed by atoms with E-state index in [2.05, 4.69) is 22.3 Å². The van der Waals surface area contributed by atoms with Crippen LogP contribution in [-0.4, -0.2) is 30.1 Å². The van der Waals surface area contributed by atoms with E-state index in [0.717, 1.165) is 19.5 Å². The van der Waals surface area contributed by atoms with E-state index < -0.39 is 5.97 Å². The van der Waals surface area contributed by atoms with Crippen LogP contribution in [0, 0.1) is 0 Å². The van der Waals surface area contributed by atoms with Crippen molar-refractivity contribution in [3.05, 3.63) is 95.6 Å². The van der Waals surface area contributed by atoms with Crippen LogP contribution < -0.4 is 10.2 Å². The van der Waals surface area contributed by atoms with Crippen LogP contribution in [0.15, 0.2) is 78.9 Å². The van der Waals surface area contributed by atoms with E-state index in [9.17, 15) is 14.7 Å². The lowest BCUT2D eigenvalue weighted by Crippen LogP contribution is -2.22. The lowest BCUT2D eigenvalue weighted by atomic mass is 9.99. The van der Waals surface area contributed by atoms with Crippen LogP contribution in [0.25, 0.3) is 0 Å². The summed E-state index contributed by atoms with van der Waals surface area (Å²) >= 11 is 0. The Labute approximate surface area is 169 Å². The first-order chi connectivity index (χ1) is 14.1. The zero-order valence-electron chi connectivity index (χ0n) is 15.9. The molecular formula is C24H22N2O3. The highest BCUT2D eigenvalue weighted by Gasteiger charge is 2.27. The normalized spacial score (nSPS) is 15.9. The molecule has 1 aliphatic heterocycles. The summed E-state index contributed by atoms with van der Waals surface area (Å²) in [5.74, 6) is -0.880. The number of amides is 1. The molecule has 0 spiro atoms. The zero-order chi connectivity index (χ0) is 20.2. The summed E-state index contributed by atoms with van der Waals surface area (Å²) in [7, 11) is 0. The number of hydrogen-bond donors (Lipinski definition) is 2. The van der Waals surface area contributed by atoms with Gasteiger partial charge in [0.15, 0.2) is 0 Å². The van der Waals surface area contributed by atoms with Gasteiger partial charge in [-0.2, -0.15) is 0 Å². The van der Waals surface area contributed by atoms with E-state index in [-0.39, 0.29) is 11.5 Å². The van der Waals surface area contributed by atoms with Gasteiger partial charge in [-0.15, -0.1) is 0 Å². The van der Waals surface area contributed by atoms with E-state index in [1.165, 1.54) is 11.6 Å². The van der Waals surface area contributed by atoms with E-state index in [0.29, 0.717) is 22.9 Å². The first-order valence-electron chi connectivity index (χ1n) is 9.65. The quantitative estimate of drug-likeness (QED) is 0.671. The number of nitrogens with one attached hydrogen (secondary N) is 1. The minimum atomic E-state index is -1.00. The van der Waals surface area contributed by atoms with Gasteiger partial charge >= 0.3 is 5.97 Å². The summed E-state index contributed by atoms with van der Waals surface area (Å²) in [5.41, 5.74) is 3.16. The Kier molecular flexibility index (Phi) is 5.29. The molecule has 3 aromatic rings. The smallest absolute Gasteiger partial charge is 0.337 e. The van der Waals surface area contributed by atoms with Crippen LogP contribution in [0.1, 0.15) is 38.6 Å². The average Bonchev–Trinajstić information content (AvgIpc) is 3.25. The molecule has 29 heavy (non-hydrogen) atoms. The molecule has 2 N–H and O–H groups in total. The van der Waals surface area contributed by atoms with Gasteiger partial charge in [-0.25, -0.2) is 4.79 Å². The zero-order valence-corrected chi connectivity index (χ0v) is 15.9. The average molecular weight is 386 g/mol. The second-order valence-electron chi connectivity index (χ2n) is 7.20. The summed E-state index contributed by atoms with van der Waals surface area (Å²) < 4.78 is 0. The Morgan fingerprint density at radius 1 is 0.931 bits per heavy atom. The van der Waals surface area contributed by atoms with E-state index in [1.807, 2.05) is 24.3 Å². The van der Waals surface area contributed by atoms with Crippen molar-refractivity contribution in [3.8, 4) is 0 Å². The maximum Gasteiger partial charge on any atom is 0.337 e. The molecule has 0 unspecified atom stereocenters. The Bertz CT molecular complexity index is 1020. The van der Waals surface area contributed by atoms with Crippen molar-refractivity contribution in [3.63, 3.8) is 0 Å². The molecule has 3 aromatic carbocycles. The minimum Gasteiger partial charge on any atom is -0.478 e. The third-order valence-corrected chi connectivity index (χ3v) is 5.32. The Morgan fingerprint density at radius 3 is 2.31 bits per heavy atom. The molecule has 1 atom stereocenters. The molecule has 146 valence electrons. The first kappa shape index (κ1) is 18.7. The molecule has 4 rings (SSSR count). The number of aromatic carboxylic acids is 1. The maximum absolute atomic E-state index is 12.4. The predicted octanol–water partition coefficient (Wildman–Crippen LogP) is 4.63. The summed E-state index contributed by atoms with van der Waals surface area (Å²) in [6.45, 7) is 1.58. The molecule has 0 bridgehead atoms. The molecule has 5 nitrogen and oxygen atoms in total. The van der Waals surface area contributed by atoms with Crippen LogP contribution in [-0.2, 0) is 0 Å². The molecule has 1 heterocycles. The maximum atomic E-state index is 12.4. The summed E-state index contributed by atoms with van der Waals surface area (Å²) in [4.78, 5) is 26.4. The van der Waals surface area contributed by atoms with Crippen molar-refractivity contribution in [1.82, 2.24) is 0 Å². The second-order valence-corrected chi connectivity index (χ2v) is 7.20. The van der Waals surface area contributed by atoms with Crippen molar-refractivity contribution < 1.29 is 14.7 Å². The fourth-order valence-electron chi connectivity index (χ4n) is 3.83. The number of carboxylic acid groups (broad SMARTS) is 1. The Hall–Kier alpha value is -3.60. The predicted molar refractivity (Wildman–Crippen MR) is 114 cm³/mol. The number of nitrogens with zero attached hydrogens (tertiary/aromatic N) is 1. The highest BCUT2D eigenvalue weighted by atomic mass is 16.4. The Morgan fingerprint density at radius 2 is 1.62 bits per heavy atom. The number of carboxylic acids is 1. The number of carbonyl (C=O) groups excluding carboxylic acids is 1. The van der Waals surface area contributed by atoms with E-state index in [1.54, 1.807) is 36.4 Å². The molecule has 0 saturated carbocycles. The van der Waals surface area contributed by atoms with Crippen LogP contribution in [0.5, 0.6) is 0 Å². The van der Waals surface area contributed by atoms with Crippen LogP contribution >= 0.6 is 0 Å². The summed E-state index contributed by atoms with van der Waals surface area (Å²) in [6, 6.07) is 24.2. The molecule has 1 aliphatic rings. The van der Waals surface area contributed by atoms with Gasteiger partial charge in [0.2, 0.25) is 0 Å². The summed E-state index contributed by atoms with van der Waals surface area (Å²) in [5, 5.41) is 12.5. The fraction of sp³-hybridized carbons (Fsp3) is 0.167. The lowest BCUT2D eigenvalue weighted by Gasteiger charge is -2.21. The number of hydrogen-bond acceptors (Lipinski definition) is 3. The number of anilines is 2. The molecule has 1 saturated heterocycles. The van der Waals surface area contributed by atoms with Crippen molar-refractivity contribution in [1.29, 1.82) is 0 Å². The van der Waals surface area contributed by atoms with Gasteiger partial charge in [0, 0.05) is 30.3 Å². The fourth-order valence-corrected chi connectivity index (χ4v) is 3.83. The number of benzene rings is 3. The van der Waals surface area contributed by atoms with E-state index in [4.69, 9.17) is 0 Å². The largest absolute Gasteiger partial charge is 0.478 e. The molecule has 0 radical (unpaired) electrons. The van der Waals surface area contributed by atoms with E-state index >= 15 is 0 Å². The third-order valence-electron chi connectivity index (χ3n) is 5.32. The van der Waals surface area contributed by atoms with Crippen LogP contribution in [0.4, 0.5) is 11.4 Å². The highest BCUT2D eigenvalue weighted by Crippen LogP contribution is 2.33. The standard InChI is InChI=1S/C24H22N2O3/c27-23(18-9-5-2-6-10-18)25-20-11-12-22(21(15-20)24(28)29)26-14-13-19(16-26)17-7-3-1-4-8-17/h1-12,15,19H,13-14,16H2,(H,25,27)(H,28,29)/t19-/m0/s1. The molecule has 0 aliphatic carbocycles.